The summed E-state index contributed by atoms with van der Waals surface area (Å²) in [5.41, 5.74) is 2.74. The Morgan fingerprint density at radius 2 is 2.14 bits per heavy atom. The molecule has 1 atom stereocenters. The molecule has 110 valence electrons. The predicted octanol–water partition coefficient (Wildman–Crippen LogP) is 2.19. The van der Waals surface area contributed by atoms with Gasteiger partial charge in [-0.1, -0.05) is 24.3 Å². The molecule has 1 heterocycles. The third-order valence-electron chi connectivity index (χ3n) is 4.14. The van der Waals surface area contributed by atoms with Crippen molar-refractivity contribution >= 4 is 5.91 Å². The van der Waals surface area contributed by atoms with Crippen LogP contribution in [0.2, 0.25) is 0 Å². The summed E-state index contributed by atoms with van der Waals surface area (Å²) in [5.74, 6) is 0.328. The fourth-order valence-corrected chi connectivity index (χ4v) is 2.95. The first-order valence-corrected chi connectivity index (χ1v) is 7.65. The van der Waals surface area contributed by atoms with Gasteiger partial charge in [0.15, 0.2) is 0 Å². The topological polar surface area (TPSA) is 46.9 Å². The van der Waals surface area contributed by atoms with Crippen LogP contribution in [0.1, 0.15) is 24.0 Å². The van der Waals surface area contributed by atoms with Crippen molar-refractivity contribution in [2.75, 3.05) is 6.54 Å². The first-order chi connectivity index (χ1) is 10.3. The van der Waals surface area contributed by atoms with Crippen molar-refractivity contribution in [3.05, 3.63) is 53.9 Å². The molecule has 1 aliphatic carbocycles. The second-order valence-corrected chi connectivity index (χ2v) is 5.62. The summed E-state index contributed by atoms with van der Waals surface area (Å²) in [6.07, 6.45) is 7.49. The van der Waals surface area contributed by atoms with E-state index in [1.807, 2.05) is 16.9 Å². The maximum Gasteiger partial charge on any atom is 0.223 e. The first-order valence-electron chi connectivity index (χ1n) is 7.65. The second kappa shape index (κ2) is 6.57. The van der Waals surface area contributed by atoms with E-state index in [1.165, 1.54) is 11.1 Å². The van der Waals surface area contributed by atoms with E-state index >= 15 is 0 Å². The Balaban J connectivity index is 1.44. The van der Waals surface area contributed by atoms with Gasteiger partial charge >= 0.3 is 0 Å². The molecule has 1 aromatic heterocycles. The Labute approximate surface area is 125 Å². The normalized spacial score (nSPS) is 17.2. The van der Waals surface area contributed by atoms with E-state index in [2.05, 4.69) is 34.7 Å². The van der Waals surface area contributed by atoms with Gasteiger partial charge in [0.05, 0.1) is 0 Å². The van der Waals surface area contributed by atoms with Crippen LogP contribution in [0.4, 0.5) is 0 Å². The van der Waals surface area contributed by atoms with E-state index < -0.39 is 0 Å². The number of hydrogen-bond donors (Lipinski definition) is 1. The molecule has 0 bridgehead atoms. The zero-order valence-corrected chi connectivity index (χ0v) is 12.2. The van der Waals surface area contributed by atoms with E-state index in [-0.39, 0.29) is 11.8 Å². The molecule has 3 rings (SSSR count). The van der Waals surface area contributed by atoms with Gasteiger partial charge in [-0.05, 0) is 42.9 Å². The molecule has 0 unspecified atom stereocenters. The number of benzene rings is 1. The van der Waals surface area contributed by atoms with Gasteiger partial charge in [0.1, 0.15) is 0 Å². The third kappa shape index (κ3) is 3.51. The minimum absolute atomic E-state index is 0.129. The van der Waals surface area contributed by atoms with Crippen molar-refractivity contribution in [2.24, 2.45) is 5.92 Å². The first kappa shape index (κ1) is 13.9. The van der Waals surface area contributed by atoms with Crippen LogP contribution >= 0.6 is 0 Å². The maximum atomic E-state index is 12.2. The fourth-order valence-electron chi connectivity index (χ4n) is 2.95. The average molecular weight is 283 g/mol. The van der Waals surface area contributed by atoms with E-state index in [9.17, 15) is 4.79 Å². The summed E-state index contributed by atoms with van der Waals surface area (Å²) in [6.45, 7) is 1.57. The molecule has 0 aliphatic heterocycles. The van der Waals surface area contributed by atoms with Gasteiger partial charge in [0, 0.05) is 31.4 Å². The Kier molecular flexibility index (Phi) is 4.34. The van der Waals surface area contributed by atoms with Crippen molar-refractivity contribution in [3.63, 3.8) is 0 Å². The molecule has 1 aliphatic rings. The molecule has 2 aromatic rings. The number of carbonyl (C=O) groups excluding carboxylic acids is 1. The largest absolute Gasteiger partial charge is 0.356 e. The number of rotatable bonds is 5. The number of carbonyl (C=O) groups is 1. The Hall–Kier alpha value is -2.10. The molecular formula is C17H21N3O. The predicted molar refractivity (Wildman–Crippen MR) is 81.8 cm³/mol. The average Bonchev–Trinajstić information content (AvgIpc) is 3.04. The smallest absolute Gasteiger partial charge is 0.223 e. The highest BCUT2D eigenvalue weighted by Gasteiger charge is 2.23. The highest BCUT2D eigenvalue weighted by molar-refractivity contribution is 5.79. The fraction of sp³-hybridized carbons (Fsp3) is 0.412. The minimum Gasteiger partial charge on any atom is -0.356 e. The lowest BCUT2D eigenvalue weighted by atomic mass is 9.83. The number of fused-ring (bicyclic) bond motifs is 1. The van der Waals surface area contributed by atoms with Gasteiger partial charge in [-0.3, -0.25) is 9.48 Å². The van der Waals surface area contributed by atoms with E-state index in [0.717, 1.165) is 38.8 Å². The molecule has 0 saturated heterocycles. The Bertz CT molecular complexity index is 592. The van der Waals surface area contributed by atoms with Crippen molar-refractivity contribution in [1.29, 1.82) is 0 Å². The van der Waals surface area contributed by atoms with E-state index in [1.54, 1.807) is 6.20 Å². The molecule has 0 fully saturated rings. The zero-order valence-electron chi connectivity index (χ0n) is 12.2. The summed E-state index contributed by atoms with van der Waals surface area (Å²) in [6, 6.07) is 10.4. The molecule has 1 amide bonds. The van der Waals surface area contributed by atoms with Crippen LogP contribution in [-0.2, 0) is 24.2 Å². The summed E-state index contributed by atoms with van der Waals surface area (Å²) in [7, 11) is 0. The van der Waals surface area contributed by atoms with Crippen LogP contribution in [0.3, 0.4) is 0 Å². The van der Waals surface area contributed by atoms with Crippen LogP contribution in [0, 0.1) is 5.92 Å². The van der Waals surface area contributed by atoms with Crippen LogP contribution in [0.25, 0.3) is 0 Å². The van der Waals surface area contributed by atoms with Gasteiger partial charge < -0.3 is 5.32 Å². The molecule has 4 heteroatoms. The minimum atomic E-state index is 0.129. The maximum absolute atomic E-state index is 12.2. The lowest BCUT2D eigenvalue weighted by Crippen LogP contribution is -2.34. The quantitative estimate of drug-likeness (QED) is 0.855. The van der Waals surface area contributed by atoms with Crippen LogP contribution in [0.15, 0.2) is 42.7 Å². The summed E-state index contributed by atoms with van der Waals surface area (Å²) in [5, 5.41) is 7.22. The molecule has 0 saturated carbocycles. The van der Waals surface area contributed by atoms with Gasteiger partial charge in [0.25, 0.3) is 0 Å². The van der Waals surface area contributed by atoms with Crippen molar-refractivity contribution in [3.8, 4) is 0 Å². The number of hydrogen-bond acceptors (Lipinski definition) is 2. The van der Waals surface area contributed by atoms with Crippen molar-refractivity contribution in [1.82, 2.24) is 15.1 Å². The number of nitrogens with zero attached hydrogens (tertiary/aromatic N) is 2. The number of aryl methyl sites for hydroxylation is 2. The van der Waals surface area contributed by atoms with Gasteiger partial charge in [-0.2, -0.15) is 5.10 Å². The summed E-state index contributed by atoms with van der Waals surface area (Å²) < 4.78 is 1.89. The van der Waals surface area contributed by atoms with Crippen molar-refractivity contribution in [2.45, 2.75) is 32.2 Å². The van der Waals surface area contributed by atoms with Gasteiger partial charge in [-0.15, -0.1) is 0 Å². The number of nitrogens with one attached hydrogen (secondary N) is 1. The highest BCUT2D eigenvalue weighted by atomic mass is 16.1. The Morgan fingerprint density at radius 1 is 1.29 bits per heavy atom. The zero-order chi connectivity index (χ0) is 14.5. The summed E-state index contributed by atoms with van der Waals surface area (Å²) >= 11 is 0. The van der Waals surface area contributed by atoms with Gasteiger partial charge in [-0.25, -0.2) is 0 Å². The molecule has 4 nitrogen and oxygen atoms in total. The number of aromatic nitrogens is 2. The standard InChI is InChI=1S/C17H21N3O/c21-17(18-9-3-11-20-12-4-10-19-20)16-8-7-14-5-1-2-6-15(14)13-16/h1-2,4-6,10,12,16H,3,7-9,11,13H2,(H,18,21)/t16-/m1/s1. The highest BCUT2D eigenvalue weighted by Crippen LogP contribution is 2.25. The van der Waals surface area contributed by atoms with Crippen LogP contribution in [0.5, 0.6) is 0 Å². The van der Waals surface area contributed by atoms with Crippen LogP contribution in [-0.4, -0.2) is 22.2 Å². The molecule has 21 heavy (non-hydrogen) atoms. The monoisotopic (exact) mass is 283 g/mol. The van der Waals surface area contributed by atoms with E-state index in [4.69, 9.17) is 0 Å². The lowest BCUT2D eigenvalue weighted by molar-refractivity contribution is -0.125. The summed E-state index contributed by atoms with van der Waals surface area (Å²) in [4.78, 5) is 12.2. The van der Waals surface area contributed by atoms with Crippen molar-refractivity contribution < 1.29 is 4.79 Å². The molecule has 1 N–H and O–H groups in total. The van der Waals surface area contributed by atoms with Crippen LogP contribution < -0.4 is 5.32 Å². The lowest BCUT2D eigenvalue weighted by Gasteiger charge is -2.23. The number of amides is 1. The van der Waals surface area contributed by atoms with Gasteiger partial charge in [0.2, 0.25) is 5.91 Å². The molecular weight excluding hydrogens is 262 g/mol. The SMILES string of the molecule is O=C(NCCCn1cccn1)[C@@H]1CCc2ccccc2C1. The second-order valence-electron chi connectivity index (χ2n) is 5.62. The Morgan fingerprint density at radius 3 is 2.95 bits per heavy atom. The van der Waals surface area contributed by atoms with E-state index in [0.29, 0.717) is 0 Å². The molecule has 0 spiro atoms. The molecule has 1 aromatic carbocycles. The third-order valence-corrected chi connectivity index (χ3v) is 4.14. The molecule has 0 radical (unpaired) electrons.